The van der Waals surface area contributed by atoms with E-state index in [1.807, 2.05) is 0 Å². The van der Waals surface area contributed by atoms with Gasteiger partial charge in [-0.1, -0.05) is 6.07 Å². The van der Waals surface area contributed by atoms with Crippen molar-refractivity contribution >= 4 is 21.8 Å². The molecule has 3 heterocycles. The molecule has 0 aliphatic carbocycles. The highest BCUT2D eigenvalue weighted by Crippen LogP contribution is 2.44. The molecule has 2 N–H and O–H groups in total. The first-order chi connectivity index (χ1) is 14.6. The normalized spacial score (nSPS) is 24.9. The van der Waals surface area contributed by atoms with Crippen LogP contribution in [0.15, 0.2) is 41.5 Å². The zero-order valence-corrected chi connectivity index (χ0v) is 17.4. The van der Waals surface area contributed by atoms with Crippen molar-refractivity contribution < 1.29 is 26.7 Å². The van der Waals surface area contributed by atoms with E-state index in [4.69, 9.17) is 10.5 Å². The minimum atomic E-state index is -3.94. The Morgan fingerprint density at radius 2 is 2.10 bits per heavy atom. The second-order valence-electron chi connectivity index (χ2n) is 7.50. The minimum absolute atomic E-state index is 0.0396. The Morgan fingerprint density at radius 1 is 1.32 bits per heavy atom. The van der Waals surface area contributed by atoms with Crippen LogP contribution in [0.2, 0.25) is 0 Å². The number of fused-ring (bicyclic) bond motifs is 1. The maximum atomic E-state index is 15.0. The Kier molecular flexibility index (Phi) is 5.26. The molecule has 0 bridgehead atoms. The van der Waals surface area contributed by atoms with Crippen LogP contribution < -0.4 is 5.73 Å². The molecule has 2 aromatic rings. The number of nitrogens with zero attached hydrogens (tertiary/aromatic N) is 3. The van der Waals surface area contributed by atoms with Crippen LogP contribution in [0, 0.1) is 11.6 Å². The van der Waals surface area contributed by atoms with Crippen LogP contribution in [0.1, 0.15) is 28.0 Å². The number of sulfonamides is 1. The lowest BCUT2D eigenvalue weighted by Crippen LogP contribution is -2.61. The number of ketones is 1. The van der Waals surface area contributed by atoms with E-state index < -0.39 is 38.2 Å². The number of carbonyl (C=O) groups is 1. The Labute approximate surface area is 177 Å². The van der Waals surface area contributed by atoms with E-state index in [0.29, 0.717) is 5.56 Å². The number of guanidine groups is 1. The number of aliphatic imine (C=N–C) groups is 1. The third kappa shape index (κ3) is 3.57. The number of ether oxygens (including phenoxy) is 1. The van der Waals surface area contributed by atoms with Crippen LogP contribution in [0.3, 0.4) is 0 Å². The summed E-state index contributed by atoms with van der Waals surface area (Å²) in [5, 5.41) is -1.16. The Bertz CT molecular complexity index is 1170. The van der Waals surface area contributed by atoms with Gasteiger partial charge in [0.15, 0.2) is 5.78 Å². The molecule has 0 spiro atoms. The topological polar surface area (TPSA) is 115 Å². The molecule has 1 aromatic heterocycles. The quantitative estimate of drug-likeness (QED) is 0.704. The van der Waals surface area contributed by atoms with Crippen LogP contribution >= 0.6 is 0 Å². The number of halogens is 2. The Balaban J connectivity index is 1.77. The van der Waals surface area contributed by atoms with Crippen LogP contribution in [-0.2, 0) is 26.7 Å². The third-order valence-corrected chi connectivity index (χ3v) is 7.88. The Morgan fingerprint density at radius 3 is 2.81 bits per heavy atom. The van der Waals surface area contributed by atoms with Gasteiger partial charge in [-0.2, -0.15) is 0 Å². The highest BCUT2D eigenvalue weighted by molar-refractivity contribution is 7.90. The lowest BCUT2D eigenvalue weighted by atomic mass is 9.81. The van der Waals surface area contributed by atoms with Gasteiger partial charge in [0.2, 0.25) is 16.0 Å². The molecule has 1 saturated heterocycles. The van der Waals surface area contributed by atoms with Crippen molar-refractivity contribution in [1.29, 1.82) is 0 Å². The molecule has 2 aliphatic heterocycles. The first-order valence-corrected chi connectivity index (χ1v) is 11.0. The summed E-state index contributed by atoms with van der Waals surface area (Å²) in [5.74, 6) is -1.85. The molecule has 8 nitrogen and oxygen atoms in total. The molecule has 1 unspecified atom stereocenters. The zero-order chi connectivity index (χ0) is 22.4. The predicted octanol–water partition coefficient (Wildman–Crippen LogP) is 1.36. The van der Waals surface area contributed by atoms with E-state index in [2.05, 4.69) is 9.98 Å². The van der Waals surface area contributed by atoms with Gasteiger partial charge in [0, 0.05) is 32.1 Å². The maximum absolute atomic E-state index is 15.0. The Hall–Kier alpha value is -2.92. The highest BCUT2D eigenvalue weighted by atomic mass is 32.2. The van der Waals surface area contributed by atoms with E-state index in [9.17, 15) is 17.6 Å². The number of hydrogen-bond donors (Lipinski definition) is 1. The number of Topliss-reactive ketones (excluding diaryl/α,β-unsaturated/α-hetero) is 1. The SMILES string of the molecule is CN1C(N)=N[C@@]2(c3cc(CC(=O)c4ccc(F)cn4)ccc3F)CCOCC2S1(=O)=O. The molecular weight excluding hydrogens is 430 g/mol. The fourth-order valence-electron chi connectivity index (χ4n) is 3.97. The van der Waals surface area contributed by atoms with E-state index >= 15 is 4.39 Å². The molecule has 0 saturated carbocycles. The second kappa shape index (κ2) is 7.65. The standard InChI is InChI=1S/C20H20F2N4O4S/c1-26-19(23)25-20(6-7-30-11-18(20)31(26,28)29)14-8-12(2-4-15(14)22)9-17(27)16-5-3-13(21)10-24-16/h2-5,8,10,18H,6-7,9,11H2,1H3,(H2,23,25)/t18?,20-/m1/s1. The van der Waals surface area contributed by atoms with Crippen molar-refractivity contribution in [3.8, 4) is 0 Å². The number of nitrogens with two attached hydrogens (primary N) is 1. The number of benzene rings is 1. The molecule has 31 heavy (non-hydrogen) atoms. The molecule has 0 radical (unpaired) electrons. The molecule has 164 valence electrons. The zero-order valence-electron chi connectivity index (χ0n) is 16.6. The van der Waals surface area contributed by atoms with Gasteiger partial charge in [0.25, 0.3) is 0 Å². The summed E-state index contributed by atoms with van der Waals surface area (Å²) in [6.45, 7) is 0.0141. The molecule has 2 atom stereocenters. The van der Waals surface area contributed by atoms with E-state index in [0.717, 1.165) is 16.6 Å². The smallest absolute Gasteiger partial charge is 0.245 e. The largest absolute Gasteiger partial charge is 0.380 e. The summed E-state index contributed by atoms with van der Waals surface area (Å²) in [6.07, 6.45) is 0.921. The van der Waals surface area contributed by atoms with Gasteiger partial charge in [-0.15, -0.1) is 0 Å². The molecular formula is C20H20F2N4O4S. The lowest BCUT2D eigenvalue weighted by Gasteiger charge is -2.45. The van der Waals surface area contributed by atoms with Crippen LogP contribution in [0.25, 0.3) is 0 Å². The van der Waals surface area contributed by atoms with Crippen molar-refractivity contribution in [2.24, 2.45) is 10.7 Å². The summed E-state index contributed by atoms with van der Waals surface area (Å²) < 4.78 is 60.3. The summed E-state index contributed by atoms with van der Waals surface area (Å²) in [6, 6.07) is 6.44. The first kappa shape index (κ1) is 21.3. The fourth-order valence-corrected chi connectivity index (χ4v) is 5.71. The lowest BCUT2D eigenvalue weighted by molar-refractivity contribution is 0.0521. The summed E-state index contributed by atoms with van der Waals surface area (Å²) in [5.41, 5.74) is 4.96. The molecule has 1 aromatic carbocycles. The van der Waals surface area contributed by atoms with Crippen molar-refractivity contribution in [2.75, 3.05) is 20.3 Å². The maximum Gasteiger partial charge on any atom is 0.245 e. The van der Waals surface area contributed by atoms with Gasteiger partial charge in [0.05, 0.1) is 12.8 Å². The molecule has 11 heteroatoms. The van der Waals surface area contributed by atoms with Gasteiger partial charge >= 0.3 is 0 Å². The fraction of sp³-hybridized carbons (Fsp3) is 0.350. The summed E-state index contributed by atoms with van der Waals surface area (Å²) in [7, 11) is -2.66. The number of rotatable bonds is 4. The van der Waals surface area contributed by atoms with Crippen molar-refractivity contribution in [3.05, 3.63) is 65.0 Å². The van der Waals surface area contributed by atoms with E-state index in [1.165, 1.54) is 31.3 Å². The average molecular weight is 450 g/mol. The number of hydrogen-bond acceptors (Lipinski definition) is 7. The highest BCUT2D eigenvalue weighted by Gasteiger charge is 2.55. The number of carbonyl (C=O) groups excluding carboxylic acids is 1. The molecule has 4 rings (SSSR count). The first-order valence-electron chi connectivity index (χ1n) is 9.49. The molecule has 0 amide bonds. The van der Waals surface area contributed by atoms with Crippen molar-refractivity contribution in [1.82, 2.24) is 9.29 Å². The number of pyridine rings is 1. The monoisotopic (exact) mass is 450 g/mol. The van der Waals surface area contributed by atoms with Crippen molar-refractivity contribution in [2.45, 2.75) is 23.6 Å². The van der Waals surface area contributed by atoms with E-state index in [1.54, 1.807) is 0 Å². The summed E-state index contributed by atoms with van der Waals surface area (Å²) >= 11 is 0. The van der Waals surface area contributed by atoms with E-state index in [-0.39, 0.29) is 43.3 Å². The van der Waals surface area contributed by atoms with Gasteiger partial charge < -0.3 is 10.5 Å². The van der Waals surface area contributed by atoms with Crippen molar-refractivity contribution in [3.63, 3.8) is 0 Å². The average Bonchev–Trinajstić information content (AvgIpc) is 2.74. The second-order valence-corrected chi connectivity index (χ2v) is 9.64. The molecule has 1 fully saturated rings. The molecule has 2 aliphatic rings. The van der Waals surface area contributed by atoms with Gasteiger partial charge in [-0.3, -0.25) is 9.78 Å². The third-order valence-electron chi connectivity index (χ3n) is 5.68. The summed E-state index contributed by atoms with van der Waals surface area (Å²) in [4.78, 5) is 20.7. The van der Waals surface area contributed by atoms with Gasteiger partial charge in [-0.25, -0.2) is 26.5 Å². The van der Waals surface area contributed by atoms with Gasteiger partial charge in [-0.05, 0) is 29.8 Å². The predicted molar refractivity (Wildman–Crippen MR) is 108 cm³/mol. The van der Waals surface area contributed by atoms with Crippen LogP contribution in [0.5, 0.6) is 0 Å². The minimum Gasteiger partial charge on any atom is -0.380 e. The van der Waals surface area contributed by atoms with Gasteiger partial charge in [0.1, 0.15) is 28.1 Å². The van der Waals surface area contributed by atoms with Crippen LogP contribution in [0.4, 0.5) is 8.78 Å². The van der Waals surface area contributed by atoms with Crippen LogP contribution in [-0.4, -0.2) is 55.0 Å². The number of aromatic nitrogens is 1.